The van der Waals surface area contributed by atoms with Crippen LogP contribution in [0.3, 0.4) is 0 Å². The summed E-state index contributed by atoms with van der Waals surface area (Å²) in [6, 6.07) is 0. The van der Waals surface area contributed by atoms with Gasteiger partial charge in [-0.25, -0.2) is 0 Å². The van der Waals surface area contributed by atoms with Crippen molar-refractivity contribution in [1.82, 2.24) is 10.6 Å². The Morgan fingerprint density at radius 2 is 1.63 bits per heavy atom. The average molecular weight is 306 g/mol. The van der Waals surface area contributed by atoms with Crippen molar-refractivity contribution < 1.29 is 9.59 Å². The number of ketones is 1. The molecule has 112 valence electrons. The lowest BCUT2D eigenvalue weighted by Crippen LogP contribution is -2.54. The molecule has 1 amide bonds. The van der Waals surface area contributed by atoms with E-state index in [2.05, 4.69) is 35.9 Å². The van der Waals surface area contributed by atoms with Gasteiger partial charge in [0.2, 0.25) is 5.91 Å². The Balaban J connectivity index is 4.96. The van der Waals surface area contributed by atoms with E-state index in [-0.39, 0.29) is 18.1 Å². The van der Waals surface area contributed by atoms with E-state index < -0.39 is 11.0 Å². The summed E-state index contributed by atoms with van der Waals surface area (Å²) < 4.78 is 0. The second kappa shape index (κ2) is 8.17. The topological polar surface area (TPSA) is 58.2 Å². The number of nitrogens with one attached hydrogen (secondary N) is 2. The zero-order chi connectivity index (χ0) is 15.1. The summed E-state index contributed by atoms with van der Waals surface area (Å²) in [5, 5.41) is 5.91. The number of rotatable bonds is 9. The largest absolute Gasteiger partial charge is 0.356 e. The number of likely N-dealkylation sites (N-methyl/N-ethyl adjacent to an activating group) is 1. The molecule has 19 heavy (non-hydrogen) atoms. The minimum Gasteiger partial charge on any atom is -0.356 e. The highest BCUT2D eigenvalue weighted by Gasteiger charge is 2.40. The van der Waals surface area contributed by atoms with E-state index in [0.29, 0.717) is 24.6 Å². The predicted molar refractivity (Wildman–Crippen MR) is 86.2 cm³/mol. The summed E-state index contributed by atoms with van der Waals surface area (Å²) in [4.78, 5) is 24.5. The van der Waals surface area contributed by atoms with E-state index >= 15 is 0 Å². The van der Waals surface area contributed by atoms with Crippen LogP contribution < -0.4 is 10.6 Å². The maximum absolute atomic E-state index is 12.4. The first-order valence-corrected chi connectivity index (χ1v) is 7.84. The molecule has 0 aliphatic carbocycles. The third-order valence-electron chi connectivity index (χ3n) is 3.28. The second-order valence-electron chi connectivity index (χ2n) is 5.20. The van der Waals surface area contributed by atoms with E-state index in [1.165, 1.54) is 0 Å². The molecule has 2 N–H and O–H groups in total. The molecular weight excluding hydrogens is 280 g/mol. The number of amides is 1. The van der Waals surface area contributed by atoms with Crippen molar-refractivity contribution in [2.45, 2.75) is 39.7 Å². The summed E-state index contributed by atoms with van der Waals surface area (Å²) in [5.41, 5.74) is -1.48. The third kappa shape index (κ3) is 5.00. The molecule has 0 heterocycles. The smallest absolute Gasteiger partial charge is 0.227 e. The summed E-state index contributed by atoms with van der Waals surface area (Å²) in [7, 11) is 0. The van der Waals surface area contributed by atoms with Gasteiger partial charge in [-0.2, -0.15) is 25.3 Å². The molecule has 0 aromatic heterocycles. The quantitative estimate of drug-likeness (QED) is 0.486. The van der Waals surface area contributed by atoms with Crippen LogP contribution in [0.15, 0.2) is 0 Å². The minimum absolute atomic E-state index is 0.00727. The molecule has 2 atom stereocenters. The van der Waals surface area contributed by atoms with Crippen LogP contribution in [0, 0.1) is 5.41 Å². The highest BCUT2D eigenvalue weighted by molar-refractivity contribution is 7.80. The molecule has 0 aliphatic rings. The molecule has 6 heteroatoms. The monoisotopic (exact) mass is 306 g/mol. The number of hydrogen-bond donors (Lipinski definition) is 4. The Kier molecular flexibility index (Phi) is 8.08. The summed E-state index contributed by atoms with van der Waals surface area (Å²) >= 11 is 8.48. The van der Waals surface area contributed by atoms with Gasteiger partial charge in [-0.3, -0.25) is 9.59 Å². The number of Topliss-reactive ketones (excluding diaryl/α,β-unsaturated/α-hetero) is 1. The summed E-state index contributed by atoms with van der Waals surface area (Å²) in [6.07, 6.45) is 0.159. The van der Waals surface area contributed by atoms with E-state index in [4.69, 9.17) is 0 Å². The van der Waals surface area contributed by atoms with Gasteiger partial charge in [-0.1, -0.05) is 6.92 Å². The molecule has 0 fully saturated rings. The Morgan fingerprint density at radius 3 is 2.00 bits per heavy atom. The number of carbonyl (C=O) groups excluding carboxylic acids is 2. The molecule has 0 rings (SSSR count). The first-order valence-electron chi connectivity index (χ1n) is 6.58. The minimum atomic E-state index is -0.782. The van der Waals surface area contributed by atoms with Gasteiger partial charge in [0.15, 0.2) is 5.78 Å². The van der Waals surface area contributed by atoms with Gasteiger partial charge in [-0.05, 0) is 27.3 Å². The van der Waals surface area contributed by atoms with Crippen LogP contribution in [0.25, 0.3) is 0 Å². The van der Waals surface area contributed by atoms with Gasteiger partial charge < -0.3 is 10.6 Å². The van der Waals surface area contributed by atoms with Crippen molar-refractivity contribution in [2.24, 2.45) is 5.41 Å². The van der Waals surface area contributed by atoms with Gasteiger partial charge in [0.1, 0.15) is 0 Å². The average Bonchev–Trinajstić information content (AvgIpc) is 2.38. The molecule has 0 spiro atoms. The molecular formula is C13H26N2O2S2. The highest BCUT2D eigenvalue weighted by atomic mass is 32.1. The van der Waals surface area contributed by atoms with Crippen molar-refractivity contribution in [3.8, 4) is 0 Å². The van der Waals surface area contributed by atoms with Gasteiger partial charge in [0.05, 0.1) is 11.0 Å². The normalized spacial score (nSPS) is 17.4. The van der Waals surface area contributed by atoms with Crippen molar-refractivity contribution in [1.29, 1.82) is 0 Å². The molecule has 0 saturated heterocycles. The van der Waals surface area contributed by atoms with Gasteiger partial charge in [0.25, 0.3) is 0 Å². The van der Waals surface area contributed by atoms with Crippen molar-refractivity contribution >= 4 is 36.9 Å². The van der Waals surface area contributed by atoms with Crippen molar-refractivity contribution in [3.05, 3.63) is 0 Å². The third-order valence-corrected chi connectivity index (χ3v) is 4.61. The van der Waals surface area contributed by atoms with Crippen LogP contribution in [-0.4, -0.2) is 41.8 Å². The SMILES string of the molecule is CCNC(=O)[C@@](C)(CS)CC(=O)[C@@](C)(CS)NCC. The number of hydrogen-bond acceptors (Lipinski definition) is 5. The first-order chi connectivity index (χ1) is 8.79. The van der Waals surface area contributed by atoms with E-state index in [9.17, 15) is 9.59 Å². The van der Waals surface area contributed by atoms with E-state index in [0.717, 1.165) is 0 Å². The van der Waals surface area contributed by atoms with Gasteiger partial charge in [-0.15, -0.1) is 0 Å². The Bertz CT molecular complexity index is 326. The number of carbonyl (C=O) groups is 2. The van der Waals surface area contributed by atoms with Gasteiger partial charge >= 0.3 is 0 Å². The van der Waals surface area contributed by atoms with E-state index in [1.54, 1.807) is 6.92 Å². The fourth-order valence-electron chi connectivity index (χ4n) is 1.76. The lowest BCUT2D eigenvalue weighted by atomic mass is 9.81. The molecule has 0 unspecified atom stereocenters. The molecule has 0 saturated carbocycles. The Labute approximate surface area is 127 Å². The fraction of sp³-hybridized carbons (Fsp3) is 0.846. The Hall–Kier alpha value is -0.200. The maximum atomic E-state index is 12.4. The zero-order valence-electron chi connectivity index (χ0n) is 12.2. The van der Waals surface area contributed by atoms with Crippen LogP contribution >= 0.6 is 25.3 Å². The lowest BCUT2D eigenvalue weighted by molar-refractivity contribution is -0.135. The fourth-order valence-corrected chi connectivity index (χ4v) is 2.31. The van der Waals surface area contributed by atoms with Crippen LogP contribution in [-0.2, 0) is 9.59 Å². The highest BCUT2D eigenvalue weighted by Crippen LogP contribution is 2.27. The molecule has 0 aromatic carbocycles. The predicted octanol–water partition coefficient (Wildman–Crippen LogP) is 1.32. The second-order valence-corrected chi connectivity index (χ2v) is 5.83. The molecule has 0 bridgehead atoms. The van der Waals surface area contributed by atoms with Crippen LogP contribution in [0.2, 0.25) is 0 Å². The molecule has 0 radical (unpaired) electrons. The Morgan fingerprint density at radius 1 is 1.05 bits per heavy atom. The standard InChI is InChI=1S/C13H26N2O2S2/c1-5-14-11(17)12(3,8-18)7-10(16)13(4,9-19)15-6-2/h15,18-19H,5-9H2,1-4H3,(H,14,17)/t12-,13-/m1/s1. The summed E-state index contributed by atoms with van der Waals surface area (Å²) in [6.45, 7) is 8.62. The van der Waals surface area contributed by atoms with Crippen molar-refractivity contribution in [3.63, 3.8) is 0 Å². The van der Waals surface area contributed by atoms with Gasteiger partial charge in [0, 0.05) is 24.5 Å². The molecule has 4 nitrogen and oxygen atoms in total. The molecule has 0 aromatic rings. The maximum Gasteiger partial charge on any atom is 0.227 e. The van der Waals surface area contributed by atoms with Crippen LogP contribution in [0.1, 0.15) is 34.1 Å². The van der Waals surface area contributed by atoms with Crippen LogP contribution in [0.5, 0.6) is 0 Å². The van der Waals surface area contributed by atoms with Crippen molar-refractivity contribution in [2.75, 3.05) is 24.6 Å². The lowest BCUT2D eigenvalue weighted by Gasteiger charge is -2.32. The number of thiol groups is 2. The van der Waals surface area contributed by atoms with Crippen LogP contribution in [0.4, 0.5) is 0 Å². The first kappa shape index (κ1) is 18.8. The molecule has 0 aliphatic heterocycles. The zero-order valence-corrected chi connectivity index (χ0v) is 14.0. The van der Waals surface area contributed by atoms with E-state index in [1.807, 2.05) is 20.8 Å². The summed E-state index contributed by atoms with van der Waals surface area (Å²) in [5.74, 6) is 0.598.